The molecule has 4 aromatic rings. The van der Waals surface area contributed by atoms with Crippen LogP contribution >= 0.6 is 27.3 Å². The van der Waals surface area contributed by atoms with Gasteiger partial charge in [-0.2, -0.15) is 5.10 Å². The van der Waals surface area contributed by atoms with Gasteiger partial charge in [-0.1, -0.05) is 52.3 Å². The summed E-state index contributed by atoms with van der Waals surface area (Å²) in [5, 5.41) is 32.6. The third-order valence-corrected chi connectivity index (χ3v) is 8.53. The zero-order chi connectivity index (χ0) is 27.8. The Labute approximate surface area is 241 Å². The van der Waals surface area contributed by atoms with Gasteiger partial charge in [0.2, 0.25) is 5.13 Å². The Balaban J connectivity index is 1.43. The second kappa shape index (κ2) is 10.7. The smallest absolute Gasteiger partial charge is 0.258 e. The number of thiazole rings is 1. The van der Waals surface area contributed by atoms with E-state index < -0.39 is 4.92 Å². The maximum Gasteiger partial charge on any atom is 0.270 e. The fraction of sp³-hybridized carbons (Fsp3) is 0.172. The number of hydrogen-bond donors (Lipinski definition) is 0. The van der Waals surface area contributed by atoms with E-state index in [2.05, 4.69) is 15.9 Å². The highest BCUT2D eigenvalue weighted by Gasteiger charge is 2.43. The Morgan fingerprint density at radius 2 is 1.70 bits per heavy atom. The van der Waals surface area contributed by atoms with E-state index in [0.29, 0.717) is 5.13 Å². The number of allylic oxidation sites excluding steroid dienone is 1. The normalized spacial score (nSPS) is 19.4. The van der Waals surface area contributed by atoms with Crippen LogP contribution in [0.15, 0.2) is 93.3 Å². The second-order valence-corrected chi connectivity index (χ2v) is 11.4. The molecule has 200 valence electrons. The predicted molar refractivity (Wildman–Crippen MR) is 159 cm³/mol. The van der Waals surface area contributed by atoms with Gasteiger partial charge in [0.05, 0.1) is 27.3 Å². The SMILES string of the molecule is O=[N+]([O-])c1cccc(/C=C2\CCC[C@@H]3C2=NN(c2nc(-c4ccc(Br)cc4)cs2)[C@@H]3c2cccc([N+](=O)[O-])c2)c1. The van der Waals surface area contributed by atoms with Gasteiger partial charge in [0.25, 0.3) is 11.4 Å². The first kappa shape index (κ1) is 26.0. The molecule has 6 rings (SSSR count). The number of nitro benzene ring substituents is 2. The van der Waals surface area contributed by atoms with Gasteiger partial charge in [-0.3, -0.25) is 20.2 Å². The van der Waals surface area contributed by atoms with E-state index in [-0.39, 0.29) is 28.3 Å². The van der Waals surface area contributed by atoms with Crippen LogP contribution in [0.4, 0.5) is 16.5 Å². The number of anilines is 1. The molecule has 0 unspecified atom stereocenters. The van der Waals surface area contributed by atoms with E-state index in [4.69, 9.17) is 10.1 Å². The van der Waals surface area contributed by atoms with Crippen molar-refractivity contribution in [1.82, 2.24) is 4.98 Å². The Morgan fingerprint density at radius 1 is 0.975 bits per heavy atom. The number of nitrogens with zero attached hydrogens (tertiary/aromatic N) is 5. The van der Waals surface area contributed by atoms with E-state index in [0.717, 1.165) is 57.4 Å². The number of rotatable bonds is 6. The number of hydrogen-bond acceptors (Lipinski definition) is 8. The molecule has 1 aliphatic carbocycles. The van der Waals surface area contributed by atoms with Gasteiger partial charge in [0.15, 0.2) is 0 Å². The van der Waals surface area contributed by atoms with Crippen LogP contribution in [-0.2, 0) is 0 Å². The Kier molecular flexibility index (Phi) is 6.99. The van der Waals surface area contributed by atoms with Gasteiger partial charge in [0, 0.05) is 45.6 Å². The lowest BCUT2D eigenvalue weighted by molar-refractivity contribution is -0.385. The highest BCUT2D eigenvalue weighted by molar-refractivity contribution is 9.10. The number of hydrazone groups is 1. The Morgan fingerprint density at radius 3 is 2.45 bits per heavy atom. The van der Waals surface area contributed by atoms with Crippen molar-refractivity contribution in [2.45, 2.75) is 25.3 Å². The summed E-state index contributed by atoms with van der Waals surface area (Å²) in [4.78, 5) is 27.1. The summed E-state index contributed by atoms with van der Waals surface area (Å²) < 4.78 is 0.982. The van der Waals surface area contributed by atoms with Crippen molar-refractivity contribution in [3.63, 3.8) is 0 Å². The van der Waals surface area contributed by atoms with Crippen LogP contribution in [0.5, 0.6) is 0 Å². The molecular weight excluding hydrogens is 594 g/mol. The average Bonchev–Trinajstić information content (AvgIpc) is 3.60. The van der Waals surface area contributed by atoms with Crippen molar-refractivity contribution in [2.24, 2.45) is 11.0 Å². The summed E-state index contributed by atoms with van der Waals surface area (Å²) in [6, 6.07) is 21.0. The lowest BCUT2D eigenvalue weighted by Crippen LogP contribution is -2.28. The number of nitro groups is 2. The molecule has 40 heavy (non-hydrogen) atoms. The van der Waals surface area contributed by atoms with Crippen molar-refractivity contribution in [3.8, 4) is 11.3 Å². The fourth-order valence-electron chi connectivity index (χ4n) is 5.37. The molecule has 2 atom stereocenters. The van der Waals surface area contributed by atoms with E-state index in [9.17, 15) is 20.2 Å². The first-order chi connectivity index (χ1) is 19.4. The molecule has 11 heteroatoms. The van der Waals surface area contributed by atoms with E-state index in [1.807, 2.05) is 52.9 Å². The lowest BCUT2D eigenvalue weighted by Gasteiger charge is -2.29. The molecule has 0 spiro atoms. The second-order valence-electron chi connectivity index (χ2n) is 9.67. The maximum absolute atomic E-state index is 11.6. The summed E-state index contributed by atoms with van der Waals surface area (Å²) in [6.45, 7) is 0. The first-order valence-electron chi connectivity index (χ1n) is 12.7. The molecule has 0 saturated heterocycles. The number of non-ortho nitro benzene ring substituents is 2. The molecule has 1 saturated carbocycles. The average molecular weight is 616 g/mol. The van der Waals surface area contributed by atoms with Crippen molar-refractivity contribution < 1.29 is 9.85 Å². The zero-order valence-corrected chi connectivity index (χ0v) is 23.4. The summed E-state index contributed by atoms with van der Waals surface area (Å²) in [7, 11) is 0. The van der Waals surface area contributed by atoms with Gasteiger partial charge in [-0.05, 0) is 54.2 Å². The molecule has 1 fully saturated rings. The van der Waals surface area contributed by atoms with Gasteiger partial charge in [0.1, 0.15) is 0 Å². The maximum atomic E-state index is 11.6. The third-order valence-electron chi connectivity index (χ3n) is 7.17. The highest BCUT2D eigenvalue weighted by Crippen LogP contribution is 2.47. The molecule has 2 heterocycles. The molecule has 1 aliphatic heterocycles. The van der Waals surface area contributed by atoms with Crippen molar-refractivity contribution in [1.29, 1.82) is 0 Å². The van der Waals surface area contributed by atoms with E-state index in [1.54, 1.807) is 24.3 Å². The van der Waals surface area contributed by atoms with E-state index in [1.165, 1.54) is 23.5 Å². The molecule has 0 radical (unpaired) electrons. The van der Waals surface area contributed by atoms with Crippen LogP contribution in [0.25, 0.3) is 17.3 Å². The molecule has 3 aromatic carbocycles. The summed E-state index contributed by atoms with van der Waals surface area (Å²) in [5.41, 5.74) is 5.33. The standard InChI is InChI=1S/C29H22BrN5O4S/c30-22-12-10-19(11-13-22)26-17-40-29(31-26)33-28(21-6-2-8-24(16-21)35(38)39)25-9-3-5-20(27(25)32-33)14-18-4-1-7-23(15-18)34(36)37/h1-2,4,6-8,10-17,25,28H,3,5,9H2/b20-14+/t25-,28-/m1/s1. The first-order valence-corrected chi connectivity index (χ1v) is 14.3. The number of fused-ring (bicyclic) bond motifs is 1. The van der Waals surface area contributed by atoms with Crippen LogP contribution in [0, 0.1) is 26.1 Å². The van der Waals surface area contributed by atoms with Crippen molar-refractivity contribution >= 4 is 55.6 Å². The highest BCUT2D eigenvalue weighted by atomic mass is 79.9. The minimum atomic E-state index is -0.398. The zero-order valence-electron chi connectivity index (χ0n) is 21.0. The minimum absolute atomic E-state index is 0.0132. The third kappa shape index (κ3) is 5.05. The van der Waals surface area contributed by atoms with Crippen LogP contribution in [-0.4, -0.2) is 20.5 Å². The Hall–Kier alpha value is -4.22. The summed E-state index contributed by atoms with van der Waals surface area (Å²) >= 11 is 4.95. The number of aromatic nitrogens is 1. The quantitative estimate of drug-likeness (QED) is 0.159. The monoisotopic (exact) mass is 615 g/mol. The summed E-state index contributed by atoms with van der Waals surface area (Å²) in [6.07, 6.45) is 4.53. The largest absolute Gasteiger partial charge is 0.270 e. The van der Waals surface area contributed by atoms with Crippen LogP contribution in [0.2, 0.25) is 0 Å². The van der Waals surface area contributed by atoms with Gasteiger partial charge >= 0.3 is 0 Å². The molecule has 0 amide bonds. The van der Waals surface area contributed by atoms with Crippen LogP contribution in [0.3, 0.4) is 0 Å². The molecular formula is C29H22BrN5O4S. The van der Waals surface area contributed by atoms with Gasteiger partial charge in [-0.15, -0.1) is 11.3 Å². The number of halogens is 1. The molecule has 2 aliphatic rings. The molecule has 0 bridgehead atoms. The molecule has 1 aromatic heterocycles. The fourth-order valence-corrected chi connectivity index (χ4v) is 6.45. The van der Waals surface area contributed by atoms with Gasteiger partial charge < -0.3 is 0 Å². The lowest BCUT2D eigenvalue weighted by atomic mass is 9.77. The van der Waals surface area contributed by atoms with E-state index >= 15 is 0 Å². The van der Waals surface area contributed by atoms with Crippen LogP contribution < -0.4 is 5.01 Å². The Bertz CT molecular complexity index is 1680. The summed E-state index contributed by atoms with van der Waals surface area (Å²) in [5.74, 6) is -0.0132. The minimum Gasteiger partial charge on any atom is -0.258 e. The van der Waals surface area contributed by atoms with Crippen molar-refractivity contribution in [3.05, 3.63) is 120 Å². The molecule has 0 N–H and O–H groups in total. The topological polar surface area (TPSA) is 115 Å². The van der Waals surface area contributed by atoms with Crippen molar-refractivity contribution in [2.75, 3.05) is 5.01 Å². The molecule has 9 nitrogen and oxygen atoms in total. The van der Waals surface area contributed by atoms with Crippen LogP contribution in [0.1, 0.15) is 36.4 Å². The van der Waals surface area contributed by atoms with Gasteiger partial charge in [-0.25, -0.2) is 9.99 Å². The predicted octanol–water partition coefficient (Wildman–Crippen LogP) is 8.19. The number of benzene rings is 3.